The van der Waals surface area contributed by atoms with Crippen molar-refractivity contribution < 1.29 is 75.7 Å². The second-order valence-corrected chi connectivity index (χ2v) is 74.8. The molecule has 22 atom stereocenters. The van der Waals surface area contributed by atoms with E-state index >= 15 is 8.78 Å². The standard InChI is InChI=1S/C32H34FN3O4.C26H36FN4O8P.C11H16FN3O4.CH4.H14P13/c1-4-31(21-37)22(2)28(33)29(40-31)36-20-19-27(34-30(36)38)35-32(23-11-7-5-8-12-23,24-13-9-6-10-14-24)25-15-17-26(39-3)18-16-25;1-3-26(22(32)21(27)23(38-26)31-15-14-20(28)29-25(31)34)16-36-40(35,39-19-12-8-5-9-13-19)30-17(2)24(33)37-18-10-6-4-7-11-18;1-2-11(5-16)8(17)7(12)9(19-11)15-4-3-6(13)14-10(15)18;;1-8-12(9(2)3)13(10(4)5)11(6)7/h5-20,22,28-29,37H,4,21H2,1-3H3,(H,34,35,38);5,8-9,12-15,17-18,21-23,32H,3-4,6-7,10-11,16H2,1-2H3,(H,30,35)(H2,28,29,34);3-4,7-9,16-17H,2,5H2,1H3,(H2,13,14,18);1H4;1-7H2/q;;;;-1/t22-,28+,29+,31+;17-,21+,22-,23+,26+,40?;7-,8+,9-,11-;;/m001../s1. The zero-order valence-corrected chi connectivity index (χ0v) is 76.7. The summed E-state index contributed by atoms with van der Waals surface area (Å²) in [5, 5.41) is 46.2. The second-order valence-electron chi connectivity index (χ2n) is 26.5. The van der Waals surface area contributed by atoms with Crippen molar-refractivity contribution in [1.29, 1.82) is 0 Å². The summed E-state index contributed by atoms with van der Waals surface area (Å²) in [4.78, 5) is 61.5. The molecule has 3 aliphatic heterocycles. The van der Waals surface area contributed by atoms with Gasteiger partial charge in [0, 0.05) is 24.5 Å². The van der Waals surface area contributed by atoms with Gasteiger partial charge >= 0.3 is 30.8 Å². The number of carbonyl (C=O) groups excluding carboxylic acids is 1. The average molecular weight is 1830 g/mol. The van der Waals surface area contributed by atoms with Gasteiger partial charge in [0.1, 0.15) is 70.0 Å². The highest BCUT2D eigenvalue weighted by Crippen LogP contribution is 3.18. The molecule has 622 valence electrons. The number of methoxy groups -OCH3 is 1. The topological polar surface area (TPSA) is 360 Å². The number of aliphatic hydroxyl groups excluding tert-OH is 4. The van der Waals surface area contributed by atoms with Crippen molar-refractivity contribution in [2.75, 3.05) is 43.7 Å². The Hall–Kier alpha value is -2.76. The van der Waals surface area contributed by atoms with Crippen molar-refractivity contribution in [3.63, 3.8) is 0 Å². The molecule has 26 nitrogen and oxygen atoms in total. The molecular weight excluding hydrogens is 1730 g/mol. The summed E-state index contributed by atoms with van der Waals surface area (Å²) in [7, 11) is 19.9. The normalized spacial score (nSPS) is 25.4. The zero-order valence-electron chi connectivity index (χ0n) is 62.4. The molecule has 4 fully saturated rings. The molecular formula is C70H104F3N10O16P14-. The third-order valence-corrected chi connectivity index (χ3v) is 91.9. The first kappa shape index (κ1) is 97.4. The molecule has 0 spiro atoms. The van der Waals surface area contributed by atoms with E-state index in [2.05, 4.69) is 87.9 Å². The van der Waals surface area contributed by atoms with Crippen LogP contribution in [0.25, 0.3) is 0 Å². The van der Waals surface area contributed by atoms with Gasteiger partial charge in [-0.2, -0.15) is 27.0 Å². The molecule has 10 N–H and O–H groups in total. The quantitative estimate of drug-likeness (QED) is 0.0128. The van der Waals surface area contributed by atoms with Gasteiger partial charge in [0.15, 0.2) is 37.2 Å². The lowest BCUT2D eigenvalue weighted by molar-refractivity contribution is -0.152. The predicted molar refractivity (Wildman–Crippen MR) is 476 cm³/mol. The van der Waals surface area contributed by atoms with Crippen molar-refractivity contribution in [1.82, 2.24) is 33.7 Å². The number of anilines is 3. The minimum absolute atomic E-state index is 0. The third kappa shape index (κ3) is 23.7. The number of aliphatic hydroxyl groups is 4. The fourth-order valence-electron chi connectivity index (χ4n) is 13.2. The molecule has 3 aromatic heterocycles. The zero-order chi connectivity index (χ0) is 82.0. The molecule has 0 bridgehead atoms. The van der Waals surface area contributed by atoms with Crippen molar-refractivity contribution in [3.05, 3.63) is 200 Å². The van der Waals surface area contributed by atoms with Crippen molar-refractivity contribution in [2.24, 2.45) is 5.92 Å². The number of nitrogens with one attached hydrogen (secondary N) is 2. The Balaban J connectivity index is 0.000000227. The largest absolute Gasteiger partial charge is 0.497 e. The van der Waals surface area contributed by atoms with E-state index in [-0.39, 0.29) is 85.3 Å². The molecule has 3 saturated heterocycles. The number of esters is 1. The Bertz CT molecular complexity index is 4330. The van der Waals surface area contributed by atoms with Crippen LogP contribution < -0.4 is 48.2 Å². The van der Waals surface area contributed by atoms with Crippen molar-refractivity contribution in [2.45, 2.75) is 177 Å². The number of aromatic nitrogens is 6. The van der Waals surface area contributed by atoms with E-state index in [0.717, 1.165) is 63.7 Å². The number of nitrogens with zero attached hydrogens (tertiary/aromatic N) is 6. The van der Waals surface area contributed by atoms with E-state index in [1.54, 1.807) is 72.2 Å². The summed E-state index contributed by atoms with van der Waals surface area (Å²) in [6.07, 6.45) is -3.73. The maximum absolute atomic E-state index is 15.4. The van der Waals surface area contributed by atoms with Crippen LogP contribution in [0.5, 0.6) is 11.5 Å². The molecule has 1 aliphatic carbocycles. The van der Waals surface area contributed by atoms with Gasteiger partial charge in [-0.05, 0) is 132 Å². The summed E-state index contributed by atoms with van der Waals surface area (Å²) >= 11 is 0. The van der Waals surface area contributed by atoms with Gasteiger partial charge < -0.3 is 73.4 Å². The molecule has 9 unspecified atom stereocenters. The number of rotatable bonds is 28. The first-order chi connectivity index (χ1) is 53.3. The first-order valence-electron chi connectivity index (χ1n) is 35.5. The minimum atomic E-state index is -4.33. The maximum Gasteiger partial charge on any atom is 0.459 e. The van der Waals surface area contributed by atoms with E-state index in [1.807, 2.05) is 91.9 Å². The highest BCUT2D eigenvalue weighted by atomic mass is 33.3. The summed E-state index contributed by atoms with van der Waals surface area (Å²) in [5.74, 6) is -0.0249. The molecule has 4 aromatic carbocycles. The van der Waals surface area contributed by atoms with Crippen LogP contribution in [-0.2, 0) is 38.4 Å². The van der Waals surface area contributed by atoms with Crippen LogP contribution in [0.1, 0.15) is 129 Å². The lowest BCUT2D eigenvalue weighted by Crippen LogP contribution is -2.46. The number of hydrogen-bond donors (Lipinski definition) is 8. The van der Waals surface area contributed by atoms with E-state index in [1.165, 1.54) is 42.2 Å². The Labute approximate surface area is 680 Å². The lowest BCUT2D eigenvalue weighted by Gasteiger charge is -2.43. The molecule has 0 radical (unpaired) electrons. The molecule has 4 aliphatic rings. The van der Waals surface area contributed by atoms with Crippen LogP contribution in [0.4, 0.5) is 30.6 Å². The number of carbonyl (C=O) groups is 1. The number of para-hydroxylation sites is 1. The van der Waals surface area contributed by atoms with E-state index < -0.39 is 128 Å². The number of benzene rings is 4. The fraction of sp³-hybridized carbons (Fsp3) is 0.471. The molecule has 113 heavy (non-hydrogen) atoms. The smallest absolute Gasteiger partial charge is 0.459 e. The summed E-state index contributed by atoms with van der Waals surface area (Å²) in [5.41, 5.74) is 6.26. The molecule has 1 saturated carbocycles. The maximum atomic E-state index is 15.4. The lowest BCUT2D eigenvalue weighted by atomic mass is 9.77. The molecule has 7 aromatic rings. The number of halogens is 3. The molecule has 0 amide bonds. The van der Waals surface area contributed by atoms with Gasteiger partial charge in [0.05, 0.1) is 32.5 Å². The molecule has 11 rings (SSSR count). The second kappa shape index (κ2) is 44.7. The number of nitrogen functional groups attached to an aromatic ring is 2. The van der Waals surface area contributed by atoms with Crippen LogP contribution in [0.3, 0.4) is 0 Å². The number of nitrogens with two attached hydrogens (primary N) is 2. The van der Waals surface area contributed by atoms with Gasteiger partial charge in [-0.1, -0.05) is 140 Å². The third-order valence-electron chi connectivity index (χ3n) is 19.7. The van der Waals surface area contributed by atoms with Gasteiger partial charge in [-0.3, -0.25) is 31.9 Å². The van der Waals surface area contributed by atoms with E-state index in [4.69, 9.17) is 44.2 Å². The Kier molecular flexibility index (Phi) is 38.5. The average Bonchev–Trinajstić information content (AvgIpc) is 1.59. The van der Waals surface area contributed by atoms with Gasteiger partial charge in [-0.15, -0.1) is 53.6 Å². The number of alkyl halides is 3. The molecule has 6 heterocycles. The highest BCUT2D eigenvalue weighted by molar-refractivity contribution is 9.24. The van der Waals surface area contributed by atoms with Gasteiger partial charge in [-0.25, -0.2) is 32.1 Å². The highest BCUT2D eigenvalue weighted by Gasteiger charge is 2.58. The summed E-state index contributed by atoms with van der Waals surface area (Å²) in [6, 6.07) is 38.9. The molecule has 43 heteroatoms. The Morgan fingerprint density at radius 1 is 0.646 bits per heavy atom. The van der Waals surface area contributed by atoms with Crippen molar-refractivity contribution >= 4 is 137 Å². The first-order valence-corrected chi connectivity index (χ1v) is 59.5. The number of ether oxygens (including phenoxy) is 5. The van der Waals surface area contributed by atoms with Crippen LogP contribution in [0.2, 0.25) is 0 Å². The fourth-order valence-corrected chi connectivity index (χ4v) is 136. The minimum Gasteiger partial charge on any atom is -0.497 e. The van der Waals surface area contributed by atoms with E-state index in [0.29, 0.717) is 12.2 Å². The van der Waals surface area contributed by atoms with Gasteiger partial charge in [0.2, 0.25) is 0 Å². The Morgan fingerprint density at radius 3 is 1.49 bits per heavy atom. The van der Waals surface area contributed by atoms with Crippen LogP contribution >= 0.6 is 113 Å². The van der Waals surface area contributed by atoms with Crippen LogP contribution in [0.15, 0.2) is 166 Å². The predicted octanol–water partition coefficient (Wildman–Crippen LogP) is 15.8. The Morgan fingerprint density at radius 2 is 1.08 bits per heavy atom. The summed E-state index contributed by atoms with van der Waals surface area (Å²) in [6.45, 7) is 7.53. The van der Waals surface area contributed by atoms with Crippen LogP contribution in [-0.4, -0.2) is 142 Å². The summed E-state index contributed by atoms with van der Waals surface area (Å²) < 4.78 is 101. The van der Waals surface area contributed by atoms with Crippen molar-refractivity contribution in [3.8, 4) is 11.5 Å². The van der Waals surface area contributed by atoms with Gasteiger partial charge in [0.25, 0.3) is 0 Å². The number of hydrogen-bond acceptors (Lipinski definition) is 22. The van der Waals surface area contributed by atoms with Crippen LogP contribution in [0, 0.1) is 5.92 Å². The van der Waals surface area contributed by atoms with E-state index in [9.17, 15) is 48.6 Å². The SMILES string of the molecule is C.CC[C@]1(CO)O[C@@H](n2ccc(N)nc2=O)[C@H](F)[C@@H]1O.CC[C@]1(CO)O[C@@H](n2ccc(NC(c3ccccc3)(c3ccccc3)c3ccc(OC)cc3)nc2=O)[C@H](F)[C@@H]1C.CC[C@]1(COP(=O)(N[C@@H](C)C(=O)OC2CCCCC2)Oc2ccccc2)O[C@@H](n2ccc(N)nc2=O)[C@H](F)[C@@H]1O.P[P-]P(P(P)P)P(P(P)P)P(P)P. The monoisotopic (exact) mass is 1830 g/mol.